The molecule has 0 bridgehead atoms. The number of nitrogens with zero attached hydrogens (tertiary/aromatic N) is 1. The summed E-state index contributed by atoms with van der Waals surface area (Å²) in [6, 6.07) is 13.6. The molecule has 2 aromatic carbocycles. The van der Waals surface area contributed by atoms with Crippen molar-refractivity contribution in [3.63, 3.8) is 0 Å². The molecular formula is C17H20BNO4. The van der Waals surface area contributed by atoms with Gasteiger partial charge in [-0.05, 0) is 29.2 Å². The monoisotopic (exact) mass is 313 g/mol. The number of aliphatic carboxylic acids is 1. The van der Waals surface area contributed by atoms with E-state index in [9.17, 15) is 14.9 Å². The van der Waals surface area contributed by atoms with Crippen molar-refractivity contribution in [2.24, 2.45) is 0 Å². The van der Waals surface area contributed by atoms with Crippen molar-refractivity contribution in [3.8, 4) is 0 Å². The molecule has 0 spiro atoms. The Morgan fingerprint density at radius 3 is 2.70 bits per heavy atom. The van der Waals surface area contributed by atoms with Gasteiger partial charge in [0.1, 0.15) is 6.04 Å². The van der Waals surface area contributed by atoms with Crippen LogP contribution >= 0.6 is 0 Å². The summed E-state index contributed by atoms with van der Waals surface area (Å²) in [4.78, 5) is 12.8. The van der Waals surface area contributed by atoms with E-state index in [0.29, 0.717) is 19.6 Å². The van der Waals surface area contributed by atoms with Crippen LogP contribution < -0.4 is 0 Å². The summed E-state index contributed by atoms with van der Waals surface area (Å²) in [5, 5.41) is 21.3. The number of benzene rings is 2. The van der Waals surface area contributed by atoms with Crippen LogP contribution in [0.3, 0.4) is 0 Å². The van der Waals surface area contributed by atoms with Crippen LogP contribution in [0.4, 0.5) is 0 Å². The van der Waals surface area contributed by atoms with E-state index in [1.807, 2.05) is 18.2 Å². The summed E-state index contributed by atoms with van der Waals surface area (Å²) in [6.07, 6.45) is 0.213. The second-order valence-electron chi connectivity index (χ2n) is 6.03. The minimum absolute atomic E-state index is 0.183. The van der Waals surface area contributed by atoms with Crippen molar-refractivity contribution in [1.29, 1.82) is 0 Å². The molecule has 120 valence electrons. The van der Waals surface area contributed by atoms with Gasteiger partial charge in [0.25, 0.3) is 0 Å². The number of rotatable bonds is 5. The summed E-state index contributed by atoms with van der Waals surface area (Å²) in [7, 11) is -0.787. The Hall–Kier alpha value is -1.89. The zero-order valence-corrected chi connectivity index (χ0v) is 13.1. The van der Waals surface area contributed by atoms with E-state index in [-0.39, 0.29) is 6.10 Å². The van der Waals surface area contributed by atoms with Gasteiger partial charge in [-0.3, -0.25) is 4.79 Å². The van der Waals surface area contributed by atoms with Gasteiger partial charge < -0.3 is 19.7 Å². The summed E-state index contributed by atoms with van der Waals surface area (Å²) < 4.78 is 5.88. The highest BCUT2D eigenvalue weighted by atomic mass is 16.5. The summed E-state index contributed by atoms with van der Waals surface area (Å²) in [5.41, 5.74) is 1.06. The number of carbonyl (C=O) groups is 1. The Morgan fingerprint density at radius 1 is 1.30 bits per heavy atom. The van der Waals surface area contributed by atoms with E-state index in [2.05, 4.69) is 24.3 Å². The molecule has 0 amide bonds. The largest absolute Gasteiger partial charge is 0.480 e. The topological polar surface area (TPSA) is 70.0 Å². The number of carboxylic acids is 1. The van der Waals surface area contributed by atoms with Crippen molar-refractivity contribution in [1.82, 2.24) is 4.81 Å². The molecule has 1 heterocycles. The number of carboxylic acid groups (broad SMARTS) is 1. The molecule has 1 saturated heterocycles. The number of hydrogen-bond acceptors (Lipinski definition) is 4. The van der Waals surface area contributed by atoms with Crippen molar-refractivity contribution >= 4 is 23.8 Å². The second-order valence-corrected chi connectivity index (χ2v) is 6.03. The van der Waals surface area contributed by atoms with Gasteiger partial charge in [0.2, 0.25) is 0 Å². The minimum Gasteiger partial charge on any atom is -0.480 e. The number of ether oxygens (including phenoxy) is 1. The summed E-state index contributed by atoms with van der Waals surface area (Å²) in [5.74, 6) is -0.914. The Bertz CT molecular complexity index is 706. The number of fused-ring (bicyclic) bond motifs is 1. The van der Waals surface area contributed by atoms with Gasteiger partial charge in [0.05, 0.1) is 12.7 Å². The van der Waals surface area contributed by atoms with Gasteiger partial charge in [-0.25, -0.2) is 0 Å². The molecule has 1 aliphatic heterocycles. The molecular weight excluding hydrogens is 293 g/mol. The second kappa shape index (κ2) is 6.70. The van der Waals surface area contributed by atoms with Crippen LogP contribution in [0.25, 0.3) is 10.8 Å². The normalized spacial score (nSPS) is 21.7. The maximum absolute atomic E-state index is 11.3. The SMILES string of the molecule is CB(O)N1C[C@H](OCc2ccc3ccccc3c2)C[C@H]1C(=O)O. The lowest BCUT2D eigenvalue weighted by Gasteiger charge is -2.21. The van der Waals surface area contributed by atoms with E-state index in [1.54, 1.807) is 11.6 Å². The Balaban J connectivity index is 1.64. The Morgan fingerprint density at radius 2 is 2.04 bits per heavy atom. The number of hydrogen-bond donors (Lipinski definition) is 2. The van der Waals surface area contributed by atoms with Crippen LogP contribution in [-0.2, 0) is 16.1 Å². The molecule has 1 aliphatic rings. The van der Waals surface area contributed by atoms with E-state index in [0.717, 1.165) is 10.9 Å². The lowest BCUT2D eigenvalue weighted by molar-refractivity contribution is -0.141. The first-order valence-corrected chi connectivity index (χ1v) is 7.80. The fourth-order valence-corrected chi connectivity index (χ4v) is 3.14. The predicted octanol–water partition coefficient (Wildman–Crippen LogP) is 1.99. The smallest absolute Gasteiger partial charge is 0.377 e. The molecule has 0 aromatic heterocycles. The molecule has 0 radical (unpaired) electrons. The van der Waals surface area contributed by atoms with Crippen LogP contribution in [0.2, 0.25) is 6.82 Å². The highest BCUT2D eigenvalue weighted by molar-refractivity contribution is 6.45. The summed E-state index contributed by atoms with van der Waals surface area (Å²) >= 11 is 0. The van der Waals surface area contributed by atoms with Gasteiger partial charge in [-0.1, -0.05) is 36.4 Å². The molecule has 5 nitrogen and oxygen atoms in total. The average Bonchev–Trinajstić information content (AvgIpc) is 2.97. The lowest BCUT2D eigenvalue weighted by Crippen LogP contribution is -2.44. The predicted molar refractivity (Wildman–Crippen MR) is 89.1 cm³/mol. The quantitative estimate of drug-likeness (QED) is 0.826. The van der Waals surface area contributed by atoms with Gasteiger partial charge in [-0.15, -0.1) is 0 Å². The summed E-state index contributed by atoms with van der Waals surface area (Å²) in [6.45, 7) is 2.46. The molecule has 1 fully saturated rings. The average molecular weight is 313 g/mol. The van der Waals surface area contributed by atoms with Crippen molar-refractivity contribution < 1.29 is 19.7 Å². The van der Waals surface area contributed by atoms with Crippen molar-refractivity contribution in [3.05, 3.63) is 48.0 Å². The molecule has 0 aliphatic carbocycles. The Kier molecular flexibility index (Phi) is 4.66. The van der Waals surface area contributed by atoms with Gasteiger partial charge in [0.15, 0.2) is 0 Å². The zero-order valence-electron chi connectivity index (χ0n) is 13.1. The molecule has 2 atom stereocenters. The third-order valence-corrected chi connectivity index (χ3v) is 4.37. The van der Waals surface area contributed by atoms with E-state index >= 15 is 0 Å². The Labute approximate surface area is 135 Å². The fraction of sp³-hybridized carbons (Fsp3) is 0.353. The molecule has 6 heteroatoms. The first kappa shape index (κ1) is 16.0. The molecule has 2 aromatic rings. The van der Waals surface area contributed by atoms with Gasteiger partial charge >= 0.3 is 13.0 Å². The first-order chi connectivity index (χ1) is 11.0. The lowest BCUT2D eigenvalue weighted by atomic mass is 9.84. The molecule has 2 N–H and O–H groups in total. The highest BCUT2D eigenvalue weighted by Crippen LogP contribution is 2.23. The fourth-order valence-electron chi connectivity index (χ4n) is 3.14. The van der Waals surface area contributed by atoms with Gasteiger partial charge in [-0.2, -0.15) is 0 Å². The van der Waals surface area contributed by atoms with Crippen LogP contribution in [0.1, 0.15) is 12.0 Å². The van der Waals surface area contributed by atoms with Crippen LogP contribution in [-0.4, -0.2) is 46.7 Å². The van der Waals surface area contributed by atoms with Crippen LogP contribution in [0.5, 0.6) is 0 Å². The molecule has 0 saturated carbocycles. The zero-order chi connectivity index (χ0) is 16.4. The van der Waals surface area contributed by atoms with Crippen molar-refractivity contribution in [2.45, 2.75) is 32.0 Å². The standard InChI is InChI=1S/C17H20BNO4/c1-18(22)19-10-15(9-16(19)17(20)21)23-11-12-6-7-13-4-2-3-5-14(13)8-12/h2-8,15-16,22H,9-11H2,1H3,(H,20,21)/t15-,16+/m1/s1. The maximum Gasteiger partial charge on any atom is 0.377 e. The molecule has 0 unspecified atom stereocenters. The molecule has 23 heavy (non-hydrogen) atoms. The van der Waals surface area contributed by atoms with Gasteiger partial charge in [0, 0.05) is 13.0 Å². The minimum atomic E-state index is -0.914. The van der Waals surface area contributed by atoms with Crippen LogP contribution in [0.15, 0.2) is 42.5 Å². The van der Waals surface area contributed by atoms with E-state index < -0.39 is 19.1 Å². The third kappa shape index (κ3) is 3.55. The third-order valence-electron chi connectivity index (χ3n) is 4.37. The first-order valence-electron chi connectivity index (χ1n) is 7.80. The van der Waals surface area contributed by atoms with Crippen LogP contribution in [0, 0.1) is 0 Å². The molecule has 3 rings (SSSR count). The highest BCUT2D eigenvalue weighted by Gasteiger charge is 2.40. The van der Waals surface area contributed by atoms with E-state index in [4.69, 9.17) is 4.74 Å². The van der Waals surface area contributed by atoms with E-state index in [1.165, 1.54) is 5.39 Å². The maximum atomic E-state index is 11.3. The van der Waals surface area contributed by atoms with Crippen molar-refractivity contribution in [2.75, 3.05) is 6.54 Å².